The molecule has 0 saturated heterocycles. The van der Waals surface area contributed by atoms with E-state index in [0.717, 1.165) is 0 Å². The van der Waals surface area contributed by atoms with Gasteiger partial charge in [-0.05, 0) is 31.0 Å². The fourth-order valence-corrected chi connectivity index (χ4v) is 2.20. The Bertz CT molecular complexity index is 443. The molecule has 1 aromatic rings. The third-order valence-electron chi connectivity index (χ3n) is 3.15. The third kappa shape index (κ3) is 1.64. The highest BCUT2D eigenvalue weighted by molar-refractivity contribution is 6.30. The summed E-state index contributed by atoms with van der Waals surface area (Å²) in [4.78, 5) is 10.9. The van der Waals surface area contributed by atoms with Crippen molar-refractivity contribution >= 4 is 17.6 Å². The van der Waals surface area contributed by atoms with Gasteiger partial charge >= 0.3 is 5.97 Å². The van der Waals surface area contributed by atoms with Crippen LogP contribution >= 0.6 is 11.6 Å². The van der Waals surface area contributed by atoms with Gasteiger partial charge in [-0.3, -0.25) is 4.79 Å². The SMILES string of the molecule is NC(C(=O)O)C1(c2cc(Cl)ccc2O)CC1. The molecule has 0 bridgehead atoms. The van der Waals surface area contributed by atoms with Gasteiger partial charge in [-0.1, -0.05) is 11.6 Å². The normalized spacial score (nSPS) is 19.1. The zero-order chi connectivity index (χ0) is 11.9. The molecule has 1 fully saturated rings. The molecule has 2 rings (SSSR count). The summed E-state index contributed by atoms with van der Waals surface area (Å²) in [6, 6.07) is 3.61. The number of phenolic OH excluding ortho intramolecular Hbond substituents is 1. The van der Waals surface area contributed by atoms with Crippen LogP contribution in [0.5, 0.6) is 5.75 Å². The van der Waals surface area contributed by atoms with Crippen molar-refractivity contribution in [2.24, 2.45) is 5.73 Å². The predicted molar refractivity (Wildman–Crippen MR) is 59.6 cm³/mol. The summed E-state index contributed by atoms with van der Waals surface area (Å²) in [6.45, 7) is 0. The maximum atomic E-state index is 10.9. The van der Waals surface area contributed by atoms with Crippen molar-refractivity contribution < 1.29 is 15.0 Å². The van der Waals surface area contributed by atoms with E-state index in [1.165, 1.54) is 6.07 Å². The van der Waals surface area contributed by atoms with E-state index in [2.05, 4.69) is 0 Å². The second-order valence-corrected chi connectivity index (χ2v) is 4.57. The fraction of sp³-hybridized carbons (Fsp3) is 0.364. The van der Waals surface area contributed by atoms with E-state index >= 15 is 0 Å². The molecule has 5 heteroatoms. The first-order valence-corrected chi connectivity index (χ1v) is 5.32. The fourth-order valence-electron chi connectivity index (χ4n) is 2.03. The molecule has 1 saturated carbocycles. The Kier molecular flexibility index (Phi) is 2.56. The van der Waals surface area contributed by atoms with Gasteiger partial charge in [0.25, 0.3) is 0 Å². The predicted octanol–water partition coefficient (Wildman–Crippen LogP) is 1.49. The maximum Gasteiger partial charge on any atom is 0.321 e. The third-order valence-corrected chi connectivity index (χ3v) is 3.38. The summed E-state index contributed by atoms with van der Waals surface area (Å²) < 4.78 is 0. The molecule has 1 aliphatic carbocycles. The molecule has 1 aromatic carbocycles. The number of carboxylic acids is 1. The van der Waals surface area contributed by atoms with E-state index in [0.29, 0.717) is 23.4 Å². The molecule has 4 nitrogen and oxygen atoms in total. The van der Waals surface area contributed by atoms with Gasteiger partial charge < -0.3 is 15.9 Å². The first-order valence-electron chi connectivity index (χ1n) is 4.95. The Labute approximate surface area is 97.6 Å². The van der Waals surface area contributed by atoms with E-state index in [4.69, 9.17) is 22.4 Å². The number of halogens is 1. The average molecular weight is 242 g/mol. The van der Waals surface area contributed by atoms with Crippen LogP contribution in [0.15, 0.2) is 18.2 Å². The summed E-state index contributed by atoms with van der Waals surface area (Å²) >= 11 is 5.84. The number of benzene rings is 1. The maximum absolute atomic E-state index is 10.9. The zero-order valence-corrected chi connectivity index (χ0v) is 9.24. The smallest absolute Gasteiger partial charge is 0.321 e. The molecule has 1 aliphatic rings. The number of aromatic hydroxyl groups is 1. The van der Waals surface area contributed by atoms with E-state index in [-0.39, 0.29) is 5.75 Å². The lowest BCUT2D eigenvalue weighted by Gasteiger charge is -2.21. The van der Waals surface area contributed by atoms with Gasteiger partial charge in [-0.25, -0.2) is 0 Å². The molecule has 0 heterocycles. The monoisotopic (exact) mass is 241 g/mol. The van der Waals surface area contributed by atoms with Gasteiger partial charge in [0, 0.05) is 16.0 Å². The Morgan fingerprint density at radius 3 is 2.62 bits per heavy atom. The molecule has 86 valence electrons. The van der Waals surface area contributed by atoms with Crippen LogP contribution in [0.2, 0.25) is 5.02 Å². The van der Waals surface area contributed by atoms with Crippen LogP contribution in [0.3, 0.4) is 0 Å². The highest BCUT2D eigenvalue weighted by atomic mass is 35.5. The van der Waals surface area contributed by atoms with Crippen molar-refractivity contribution in [3.63, 3.8) is 0 Å². The van der Waals surface area contributed by atoms with Crippen LogP contribution in [0, 0.1) is 0 Å². The van der Waals surface area contributed by atoms with Gasteiger partial charge in [0.05, 0.1) is 0 Å². The molecule has 0 aromatic heterocycles. The van der Waals surface area contributed by atoms with Crippen molar-refractivity contribution in [3.05, 3.63) is 28.8 Å². The second-order valence-electron chi connectivity index (χ2n) is 4.13. The number of carboxylic acid groups (broad SMARTS) is 1. The van der Waals surface area contributed by atoms with Crippen molar-refractivity contribution in [1.29, 1.82) is 0 Å². The van der Waals surface area contributed by atoms with Crippen LogP contribution in [-0.2, 0) is 10.2 Å². The van der Waals surface area contributed by atoms with E-state index in [1.54, 1.807) is 12.1 Å². The van der Waals surface area contributed by atoms with Gasteiger partial charge in [0.15, 0.2) is 0 Å². The number of phenols is 1. The molecule has 16 heavy (non-hydrogen) atoms. The molecule has 1 unspecified atom stereocenters. The lowest BCUT2D eigenvalue weighted by atomic mass is 9.88. The first-order chi connectivity index (χ1) is 7.47. The van der Waals surface area contributed by atoms with Gasteiger partial charge in [-0.15, -0.1) is 0 Å². The number of carbonyl (C=O) groups is 1. The van der Waals surface area contributed by atoms with Crippen LogP contribution in [-0.4, -0.2) is 22.2 Å². The minimum Gasteiger partial charge on any atom is -0.508 e. The second kappa shape index (κ2) is 3.64. The van der Waals surface area contributed by atoms with Crippen LogP contribution in [0.25, 0.3) is 0 Å². The number of hydrogen-bond donors (Lipinski definition) is 3. The lowest BCUT2D eigenvalue weighted by Crippen LogP contribution is -2.42. The van der Waals surface area contributed by atoms with Crippen molar-refractivity contribution in [3.8, 4) is 5.75 Å². The van der Waals surface area contributed by atoms with E-state index in [1.807, 2.05) is 0 Å². The summed E-state index contributed by atoms with van der Waals surface area (Å²) in [5.74, 6) is -1.00. The highest BCUT2D eigenvalue weighted by Crippen LogP contribution is 2.53. The number of nitrogens with two attached hydrogens (primary N) is 1. The van der Waals surface area contributed by atoms with Gasteiger partial charge in [0.1, 0.15) is 11.8 Å². The van der Waals surface area contributed by atoms with Crippen molar-refractivity contribution in [1.82, 2.24) is 0 Å². The Morgan fingerprint density at radius 1 is 1.50 bits per heavy atom. The number of rotatable bonds is 3. The Hall–Kier alpha value is -1.26. The van der Waals surface area contributed by atoms with Gasteiger partial charge in [-0.2, -0.15) is 0 Å². The van der Waals surface area contributed by atoms with Crippen LogP contribution in [0.4, 0.5) is 0 Å². The van der Waals surface area contributed by atoms with Crippen molar-refractivity contribution in [2.75, 3.05) is 0 Å². The zero-order valence-electron chi connectivity index (χ0n) is 8.48. The lowest BCUT2D eigenvalue weighted by molar-refractivity contribution is -0.139. The molecule has 0 amide bonds. The summed E-state index contributed by atoms with van der Waals surface area (Å²) in [5, 5.41) is 19.1. The minimum absolute atomic E-state index is 0.0543. The minimum atomic E-state index is -1.06. The van der Waals surface area contributed by atoms with E-state index < -0.39 is 17.4 Å². The molecular weight excluding hydrogens is 230 g/mol. The van der Waals surface area contributed by atoms with Crippen LogP contribution < -0.4 is 5.73 Å². The topological polar surface area (TPSA) is 83.6 Å². The number of hydrogen-bond acceptors (Lipinski definition) is 3. The number of aliphatic carboxylic acids is 1. The van der Waals surface area contributed by atoms with E-state index in [9.17, 15) is 9.90 Å². The summed E-state index contributed by atoms with van der Waals surface area (Å²) in [7, 11) is 0. The Morgan fingerprint density at radius 2 is 2.12 bits per heavy atom. The first kappa shape index (κ1) is 11.2. The molecule has 4 N–H and O–H groups in total. The molecule has 1 atom stereocenters. The standard InChI is InChI=1S/C11H12ClNO3/c12-6-1-2-8(14)7(5-6)11(3-4-11)9(13)10(15)16/h1-2,5,9,14H,3-4,13H2,(H,15,16). The van der Waals surface area contributed by atoms with Gasteiger partial charge in [0.2, 0.25) is 0 Å². The Balaban J connectivity index is 2.44. The molecular formula is C11H12ClNO3. The van der Waals surface area contributed by atoms with Crippen LogP contribution in [0.1, 0.15) is 18.4 Å². The summed E-state index contributed by atoms with van der Waals surface area (Å²) in [6.07, 6.45) is 1.32. The largest absolute Gasteiger partial charge is 0.508 e. The molecule has 0 aliphatic heterocycles. The quantitative estimate of drug-likeness (QED) is 0.749. The highest BCUT2D eigenvalue weighted by Gasteiger charge is 2.53. The summed E-state index contributed by atoms with van der Waals surface area (Å²) in [5.41, 5.74) is 5.54. The molecule has 0 spiro atoms. The molecule has 0 radical (unpaired) electrons. The van der Waals surface area contributed by atoms with Crippen molar-refractivity contribution in [2.45, 2.75) is 24.3 Å². The average Bonchev–Trinajstić information content (AvgIpc) is 3.01.